The highest BCUT2D eigenvalue weighted by atomic mass is 79.9. The molecule has 0 spiro atoms. The zero-order valence-electron chi connectivity index (χ0n) is 16.3. The molecule has 0 saturated carbocycles. The summed E-state index contributed by atoms with van der Waals surface area (Å²) in [5.74, 6) is 0.548. The van der Waals surface area contributed by atoms with Crippen LogP contribution in [0.2, 0.25) is 0 Å². The van der Waals surface area contributed by atoms with E-state index in [0.717, 1.165) is 21.3 Å². The number of rotatable bonds is 5. The fourth-order valence-electron chi connectivity index (χ4n) is 2.86. The van der Waals surface area contributed by atoms with Crippen molar-refractivity contribution in [3.63, 3.8) is 0 Å². The third-order valence-electron chi connectivity index (χ3n) is 4.41. The average Bonchev–Trinajstić information content (AvgIpc) is 3.08. The highest BCUT2D eigenvalue weighted by Gasteiger charge is 2.24. The van der Waals surface area contributed by atoms with E-state index in [-0.39, 0.29) is 5.91 Å². The summed E-state index contributed by atoms with van der Waals surface area (Å²) in [4.78, 5) is 17.6. The molecule has 30 heavy (non-hydrogen) atoms. The van der Waals surface area contributed by atoms with Gasteiger partial charge in [-0.15, -0.1) is 0 Å². The largest absolute Gasteiger partial charge is 0.488 e. The van der Waals surface area contributed by atoms with Crippen molar-refractivity contribution < 1.29 is 9.53 Å². The quantitative estimate of drug-likeness (QED) is 0.442. The van der Waals surface area contributed by atoms with E-state index in [2.05, 4.69) is 26.2 Å². The van der Waals surface area contributed by atoms with Gasteiger partial charge in [0.25, 0.3) is 5.91 Å². The van der Waals surface area contributed by atoms with E-state index in [1.54, 1.807) is 0 Å². The Bertz CT molecular complexity index is 1130. The molecule has 4 nitrogen and oxygen atoms in total. The molecule has 3 aromatic carbocycles. The Morgan fingerprint density at radius 3 is 2.60 bits per heavy atom. The molecule has 1 saturated heterocycles. The number of amides is 1. The van der Waals surface area contributed by atoms with Crippen molar-refractivity contribution in [2.45, 2.75) is 13.5 Å². The average molecular weight is 479 g/mol. The molecule has 0 atom stereocenters. The number of nitrogens with zero attached hydrogens (tertiary/aromatic N) is 1. The van der Waals surface area contributed by atoms with Gasteiger partial charge in [0, 0.05) is 10.0 Å². The van der Waals surface area contributed by atoms with E-state index < -0.39 is 0 Å². The fourth-order valence-corrected chi connectivity index (χ4v) is 4.07. The van der Waals surface area contributed by atoms with Crippen LogP contribution >= 0.6 is 27.7 Å². The molecule has 3 aromatic rings. The Labute approximate surface area is 188 Å². The van der Waals surface area contributed by atoms with Crippen LogP contribution < -0.4 is 10.1 Å². The molecule has 1 N–H and O–H groups in total. The van der Waals surface area contributed by atoms with E-state index in [1.165, 1.54) is 17.3 Å². The molecule has 1 heterocycles. The topological polar surface area (TPSA) is 50.7 Å². The molecule has 1 aliphatic heterocycles. The van der Waals surface area contributed by atoms with Crippen LogP contribution in [0.5, 0.6) is 5.75 Å². The second kappa shape index (κ2) is 9.32. The Hall–Kier alpha value is -2.83. The van der Waals surface area contributed by atoms with Crippen LogP contribution in [0.3, 0.4) is 0 Å². The number of hydrogen-bond donors (Lipinski definition) is 1. The lowest BCUT2D eigenvalue weighted by Crippen LogP contribution is -2.19. The van der Waals surface area contributed by atoms with Crippen LogP contribution in [0.1, 0.15) is 16.7 Å². The Morgan fingerprint density at radius 2 is 1.83 bits per heavy atom. The number of carbonyl (C=O) groups is 1. The smallest absolute Gasteiger partial charge is 0.264 e. The Morgan fingerprint density at radius 1 is 1.07 bits per heavy atom. The lowest BCUT2D eigenvalue weighted by Gasteiger charge is -2.10. The number of aliphatic imine (C=N–C) groups is 1. The minimum absolute atomic E-state index is 0.167. The number of amidine groups is 1. The molecule has 0 unspecified atom stereocenters. The molecule has 150 valence electrons. The van der Waals surface area contributed by atoms with Crippen molar-refractivity contribution in [1.29, 1.82) is 0 Å². The third kappa shape index (κ3) is 5.20. The van der Waals surface area contributed by atoms with Gasteiger partial charge in [-0.1, -0.05) is 64.0 Å². The number of carbonyl (C=O) groups excluding carboxylic acids is 1. The van der Waals surface area contributed by atoms with Gasteiger partial charge in [0.2, 0.25) is 0 Å². The number of aryl methyl sites for hydroxylation is 1. The third-order valence-corrected chi connectivity index (χ3v) is 5.81. The van der Waals surface area contributed by atoms with Crippen molar-refractivity contribution >= 4 is 50.5 Å². The SMILES string of the molecule is Cc1ccc(N=C2NC(=O)/C(=C/c3cc(Br)ccc3OCc3ccccc3)S2)cc1. The van der Waals surface area contributed by atoms with Crippen LogP contribution in [0.4, 0.5) is 5.69 Å². The molecular formula is C24H19BrN2O2S. The predicted molar refractivity (Wildman–Crippen MR) is 127 cm³/mol. The first-order valence-electron chi connectivity index (χ1n) is 9.39. The molecule has 1 fully saturated rings. The van der Waals surface area contributed by atoms with Gasteiger partial charge in [-0.3, -0.25) is 4.79 Å². The first-order valence-corrected chi connectivity index (χ1v) is 11.0. The van der Waals surface area contributed by atoms with Crippen molar-refractivity contribution in [1.82, 2.24) is 5.32 Å². The van der Waals surface area contributed by atoms with Crippen molar-refractivity contribution in [2.75, 3.05) is 0 Å². The minimum atomic E-state index is -0.167. The van der Waals surface area contributed by atoms with Crippen molar-refractivity contribution in [3.8, 4) is 5.75 Å². The molecule has 6 heteroatoms. The zero-order chi connectivity index (χ0) is 20.9. The first kappa shape index (κ1) is 20.4. The molecule has 1 aliphatic rings. The summed E-state index contributed by atoms with van der Waals surface area (Å²) in [6.45, 7) is 2.48. The van der Waals surface area contributed by atoms with E-state index in [4.69, 9.17) is 4.74 Å². The van der Waals surface area contributed by atoms with Gasteiger partial charge in [0.1, 0.15) is 12.4 Å². The van der Waals surface area contributed by atoms with Gasteiger partial charge in [-0.25, -0.2) is 4.99 Å². The van der Waals surface area contributed by atoms with E-state index >= 15 is 0 Å². The summed E-state index contributed by atoms with van der Waals surface area (Å²) in [6, 6.07) is 23.6. The van der Waals surface area contributed by atoms with Crippen LogP contribution in [0.25, 0.3) is 6.08 Å². The van der Waals surface area contributed by atoms with Crippen molar-refractivity contribution in [3.05, 3.63) is 98.9 Å². The van der Waals surface area contributed by atoms with Crippen LogP contribution in [0.15, 0.2) is 87.2 Å². The highest BCUT2D eigenvalue weighted by Crippen LogP contribution is 2.32. The molecule has 1 amide bonds. The lowest BCUT2D eigenvalue weighted by atomic mass is 10.2. The van der Waals surface area contributed by atoms with Gasteiger partial charge in [-0.05, 0) is 60.7 Å². The normalized spacial score (nSPS) is 16.1. The number of halogens is 1. The molecule has 0 aliphatic carbocycles. The molecule has 0 radical (unpaired) electrons. The predicted octanol–water partition coefficient (Wildman–Crippen LogP) is 6.23. The minimum Gasteiger partial charge on any atom is -0.488 e. The zero-order valence-corrected chi connectivity index (χ0v) is 18.7. The maximum Gasteiger partial charge on any atom is 0.264 e. The molecule has 0 aromatic heterocycles. The van der Waals surface area contributed by atoms with E-state index in [9.17, 15) is 4.79 Å². The first-order chi connectivity index (χ1) is 14.6. The van der Waals surface area contributed by atoms with E-state index in [0.29, 0.717) is 22.4 Å². The van der Waals surface area contributed by atoms with Gasteiger partial charge in [-0.2, -0.15) is 0 Å². The molecule has 4 rings (SSSR count). The highest BCUT2D eigenvalue weighted by molar-refractivity contribution is 9.10. The Kier molecular flexibility index (Phi) is 6.35. The standard InChI is InChI=1S/C24H19BrN2O2S/c1-16-7-10-20(11-8-16)26-24-27-23(28)22(30-24)14-18-13-19(25)9-12-21(18)29-15-17-5-3-2-4-6-17/h2-14H,15H2,1H3,(H,26,27,28)/b22-14-. The summed E-state index contributed by atoms with van der Waals surface area (Å²) < 4.78 is 6.94. The number of hydrogen-bond acceptors (Lipinski definition) is 4. The number of nitrogens with one attached hydrogen (secondary N) is 1. The number of ether oxygens (including phenoxy) is 1. The van der Waals surface area contributed by atoms with Crippen LogP contribution in [-0.2, 0) is 11.4 Å². The summed E-state index contributed by atoms with van der Waals surface area (Å²) in [5, 5.41) is 3.40. The fraction of sp³-hybridized carbons (Fsp3) is 0.0833. The van der Waals surface area contributed by atoms with Gasteiger partial charge < -0.3 is 10.1 Å². The van der Waals surface area contributed by atoms with Crippen LogP contribution in [-0.4, -0.2) is 11.1 Å². The van der Waals surface area contributed by atoms with Gasteiger partial charge in [0.05, 0.1) is 10.6 Å². The van der Waals surface area contributed by atoms with Crippen LogP contribution in [0, 0.1) is 6.92 Å². The van der Waals surface area contributed by atoms with Gasteiger partial charge in [0.15, 0.2) is 5.17 Å². The number of thioether (sulfide) groups is 1. The number of benzene rings is 3. The molecular weight excluding hydrogens is 460 g/mol. The van der Waals surface area contributed by atoms with Crippen molar-refractivity contribution in [2.24, 2.45) is 4.99 Å². The summed E-state index contributed by atoms with van der Waals surface area (Å²) >= 11 is 4.82. The Balaban J connectivity index is 1.55. The maximum atomic E-state index is 12.5. The maximum absolute atomic E-state index is 12.5. The summed E-state index contributed by atoms with van der Waals surface area (Å²) in [5.41, 5.74) is 3.88. The second-order valence-electron chi connectivity index (χ2n) is 6.77. The summed E-state index contributed by atoms with van der Waals surface area (Å²) in [6.07, 6.45) is 1.84. The lowest BCUT2D eigenvalue weighted by molar-refractivity contribution is -0.115. The van der Waals surface area contributed by atoms with E-state index in [1.807, 2.05) is 85.8 Å². The summed E-state index contributed by atoms with van der Waals surface area (Å²) in [7, 11) is 0. The molecule has 0 bridgehead atoms. The monoisotopic (exact) mass is 478 g/mol. The second-order valence-corrected chi connectivity index (χ2v) is 8.72. The van der Waals surface area contributed by atoms with Gasteiger partial charge >= 0.3 is 0 Å².